The molecule has 0 unspecified atom stereocenters. The first-order chi connectivity index (χ1) is 9.62. The molecule has 0 saturated carbocycles. The summed E-state index contributed by atoms with van der Waals surface area (Å²) in [7, 11) is 1.56. The summed E-state index contributed by atoms with van der Waals surface area (Å²) in [6.45, 7) is 2.32. The zero-order chi connectivity index (χ0) is 14.5. The van der Waals surface area contributed by atoms with Gasteiger partial charge in [0.05, 0.1) is 24.7 Å². The fourth-order valence-corrected chi connectivity index (χ4v) is 1.77. The second-order valence-electron chi connectivity index (χ2n) is 4.36. The van der Waals surface area contributed by atoms with E-state index in [0.29, 0.717) is 23.7 Å². The molecule has 3 N–H and O–H groups in total. The first kappa shape index (κ1) is 14.0. The lowest BCUT2D eigenvalue weighted by Gasteiger charge is -2.10. The van der Waals surface area contributed by atoms with Crippen LogP contribution in [0.15, 0.2) is 24.4 Å². The summed E-state index contributed by atoms with van der Waals surface area (Å²) in [5, 5.41) is 10.4. The molecule has 106 valence electrons. The van der Waals surface area contributed by atoms with Crippen LogP contribution in [0.25, 0.3) is 0 Å². The fourth-order valence-electron chi connectivity index (χ4n) is 1.77. The molecule has 0 saturated heterocycles. The highest BCUT2D eigenvalue weighted by Crippen LogP contribution is 2.25. The molecule has 0 aliphatic carbocycles. The highest BCUT2D eigenvalue weighted by atomic mass is 16.5. The minimum Gasteiger partial charge on any atom is -0.495 e. The molecule has 1 heterocycles. The number of rotatable bonds is 5. The van der Waals surface area contributed by atoms with Crippen molar-refractivity contribution in [3.05, 3.63) is 35.7 Å². The van der Waals surface area contributed by atoms with Crippen LogP contribution in [0.5, 0.6) is 5.75 Å². The third-order valence-corrected chi connectivity index (χ3v) is 2.73. The molecule has 20 heavy (non-hydrogen) atoms. The van der Waals surface area contributed by atoms with Gasteiger partial charge in [0.2, 0.25) is 5.91 Å². The molecule has 0 fully saturated rings. The molecule has 0 bridgehead atoms. The van der Waals surface area contributed by atoms with Crippen LogP contribution in [0, 0.1) is 6.92 Å². The smallest absolute Gasteiger partial charge is 0.246 e. The summed E-state index contributed by atoms with van der Waals surface area (Å²) in [5.74, 6) is 0.410. The Morgan fingerprint density at radius 1 is 1.50 bits per heavy atom. The lowest BCUT2D eigenvalue weighted by atomic mass is 10.2. The van der Waals surface area contributed by atoms with Crippen LogP contribution in [0.2, 0.25) is 0 Å². The van der Waals surface area contributed by atoms with Crippen molar-refractivity contribution in [2.24, 2.45) is 5.73 Å². The van der Waals surface area contributed by atoms with E-state index in [1.807, 2.05) is 25.1 Å². The number of nitrogens with one attached hydrogen (secondary N) is 1. The van der Waals surface area contributed by atoms with Crippen LogP contribution >= 0.6 is 0 Å². The molecule has 0 radical (unpaired) electrons. The van der Waals surface area contributed by atoms with E-state index >= 15 is 0 Å². The molecule has 7 nitrogen and oxygen atoms in total. The van der Waals surface area contributed by atoms with Crippen molar-refractivity contribution < 1.29 is 9.53 Å². The van der Waals surface area contributed by atoms with Gasteiger partial charge in [0.15, 0.2) is 0 Å². The predicted octanol–water partition coefficient (Wildman–Crippen LogP) is 0.693. The molecule has 1 aromatic heterocycles. The Labute approximate surface area is 116 Å². The second-order valence-corrected chi connectivity index (χ2v) is 4.36. The van der Waals surface area contributed by atoms with Crippen LogP contribution in [0.4, 0.5) is 5.69 Å². The van der Waals surface area contributed by atoms with E-state index in [1.54, 1.807) is 13.3 Å². The average Bonchev–Trinajstić information content (AvgIpc) is 2.86. The lowest BCUT2D eigenvalue weighted by molar-refractivity contribution is -0.116. The monoisotopic (exact) mass is 275 g/mol. The van der Waals surface area contributed by atoms with Gasteiger partial charge < -0.3 is 15.8 Å². The Morgan fingerprint density at radius 2 is 2.30 bits per heavy atom. The van der Waals surface area contributed by atoms with Crippen molar-refractivity contribution in [2.75, 3.05) is 12.4 Å². The van der Waals surface area contributed by atoms with E-state index in [2.05, 4.69) is 15.6 Å². The number of methoxy groups -OCH3 is 1. The highest BCUT2D eigenvalue weighted by Gasteiger charge is 2.09. The summed E-state index contributed by atoms with van der Waals surface area (Å²) < 4.78 is 6.65. The molecule has 0 spiro atoms. The normalized spacial score (nSPS) is 10.3. The topological polar surface area (TPSA) is 95.1 Å². The quantitative estimate of drug-likeness (QED) is 0.837. The second kappa shape index (κ2) is 6.16. The molecule has 0 aliphatic rings. The lowest BCUT2D eigenvalue weighted by Crippen LogP contribution is -2.19. The zero-order valence-corrected chi connectivity index (χ0v) is 11.5. The number of nitrogens with zero attached hydrogens (tertiary/aromatic N) is 3. The fraction of sp³-hybridized carbons (Fsp3) is 0.308. The van der Waals surface area contributed by atoms with Crippen molar-refractivity contribution in [1.29, 1.82) is 0 Å². The number of aromatic nitrogens is 3. The van der Waals surface area contributed by atoms with E-state index in [-0.39, 0.29) is 12.5 Å². The van der Waals surface area contributed by atoms with Gasteiger partial charge >= 0.3 is 0 Å². The third kappa shape index (κ3) is 3.33. The first-order valence-corrected chi connectivity index (χ1v) is 6.16. The molecular formula is C13H17N5O2. The average molecular weight is 275 g/mol. The molecule has 1 aromatic carbocycles. The molecule has 1 amide bonds. The number of hydrogen-bond acceptors (Lipinski definition) is 5. The SMILES string of the molecule is COc1ccc(C)cc1NC(=O)Cn1cc(CN)nn1. The van der Waals surface area contributed by atoms with E-state index in [9.17, 15) is 4.79 Å². The number of carbonyl (C=O) groups is 1. The van der Waals surface area contributed by atoms with Crippen LogP contribution in [-0.2, 0) is 17.9 Å². The molecule has 2 rings (SSSR count). The van der Waals surface area contributed by atoms with Gasteiger partial charge in [-0.15, -0.1) is 5.10 Å². The molecule has 0 aliphatic heterocycles. The maximum absolute atomic E-state index is 12.0. The van der Waals surface area contributed by atoms with Gasteiger partial charge in [-0.3, -0.25) is 4.79 Å². The number of amides is 1. The highest BCUT2D eigenvalue weighted by molar-refractivity contribution is 5.92. The Hall–Kier alpha value is -2.41. The van der Waals surface area contributed by atoms with E-state index in [4.69, 9.17) is 10.5 Å². The third-order valence-electron chi connectivity index (χ3n) is 2.73. The number of carbonyl (C=O) groups excluding carboxylic acids is 1. The van der Waals surface area contributed by atoms with Crippen molar-refractivity contribution in [1.82, 2.24) is 15.0 Å². The summed E-state index contributed by atoms with van der Waals surface area (Å²) in [5.41, 5.74) is 7.75. The molecule has 0 atom stereocenters. The number of ether oxygens (including phenoxy) is 1. The predicted molar refractivity (Wildman–Crippen MR) is 74.3 cm³/mol. The number of nitrogens with two attached hydrogens (primary N) is 1. The summed E-state index contributed by atoms with van der Waals surface area (Å²) in [6.07, 6.45) is 1.65. The van der Waals surface area contributed by atoms with Gasteiger partial charge in [0.25, 0.3) is 0 Å². The summed E-state index contributed by atoms with van der Waals surface area (Å²) in [6, 6.07) is 5.58. The number of benzene rings is 1. The van der Waals surface area contributed by atoms with Crippen LogP contribution in [0.1, 0.15) is 11.3 Å². The van der Waals surface area contributed by atoms with Crippen LogP contribution < -0.4 is 15.8 Å². The van der Waals surface area contributed by atoms with Crippen LogP contribution in [0.3, 0.4) is 0 Å². The molecular weight excluding hydrogens is 258 g/mol. The number of aryl methyl sites for hydroxylation is 1. The van der Waals surface area contributed by atoms with E-state index in [1.165, 1.54) is 4.68 Å². The van der Waals surface area contributed by atoms with Gasteiger partial charge in [0, 0.05) is 6.54 Å². The number of anilines is 1. The van der Waals surface area contributed by atoms with Crippen molar-refractivity contribution in [3.8, 4) is 5.75 Å². The molecule has 7 heteroatoms. The largest absolute Gasteiger partial charge is 0.495 e. The summed E-state index contributed by atoms with van der Waals surface area (Å²) in [4.78, 5) is 12.0. The first-order valence-electron chi connectivity index (χ1n) is 6.16. The van der Waals surface area contributed by atoms with Gasteiger partial charge in [-0.25, -0.2) is 4.68 Å². The van der Waals surface area contributed by atoms with Crippen molar-refractivity contribution in [2.45, 2.75) is 20.0 Å². The van der Waals surface area contributed by atoms with E-state index < -0.39 is 0 Å². The summed E-state index contributed by atoms with van der Waals surface area (Å²) >= 11 is 0. The standard InChI is InChI=1S/C13H17N5O2/c1-9-3-4-12(20-2)11(5-9)15-13(19)8-18-7-10(6-14)16-17-18/h3-5,7H,6,8,14H2,1-2H3,(H,15,19). The Balaban J connectivity index is 2.06. The Morgan fingerprint density at radius 3 is 2.95 bits per heavy atom. The van der Waals surface area contributed by atoms with Crippen molar-refractivity contribution >= 4 is 11.6 Å². The van der Waals surface area contributed by atoms with Gasteiger partial charge in [0.1, 0.15) is 12.3 Å². The maximum Gasteiger partial charge on any atom is 0.246 e. The van der Waals surface area contributed by atoms with E-state index in [0.717, 1.165) is 5.56 Å². The van der Waals surface area contributed by atoms with Crippen molar-refractivity contribution in [3.63, 3.8) is 0 Å². The Kier molecular flexibility index (Phi) is 4.31. The zero-order valence-electron chi connectivity index (χ0n) is 11.5. The minimum absolute atomic E-state index is 0.0735. The molecule has 2 aromatic rings. The maximum atomic E-state index is 12.0. The van der Waals surface area contributed by atoms with Gasteiger partial charge in [-0.05, 0) is 24.6 Å². The number of hydrogen-bond donors (Lipinski definition) is 2. The van der Waals surface area contributed by atoms with Gasteiger partial charge in [-0.1, -0.05) is 11.3 Å². The Bertz CT molecular complexity index is 609. The minimum atomic E-state index is -0.206. The van der Waals surface area contributed by atoms with Crippen LogP contribution in [-0.4, -0.2) is 28.0 Å². The van der Waals surface area contributed by atoms with Gasteiger partial charge in [-0.2, -0.15) is 0 Å².